The first-order valence-electron chi connectivity index (χ1n) is 8.13. The summed E-state index contributed by atoms with van der Waals surface area (Å²) in [5, 5.41) is 15.2. The van der Waals surface area contributed by atoms with Crippen LogP contribution in [0.1, 0.15) is 25.0 Å². The molecule has 0 amide bonds. The minimum absolute atomic E-state index is 0.229. The van der Waals surface area contributed by atoms with Gasteiger partial charge < -0.3 is 14.6 Å². The molecular weight excluding hydrogens is 306 g/mol. The van der Waals surface area contributed by atoms with Crippen LogP contribution >= 0.6 is 0 Å². The number of aromatic nitrogens is 3. The maximum Gasteiger partial charge on any atom is 0.146 e. The topological polar surface area (TPSA) is 69.4 Å². The van der Waals surface area contributed by atoms with Crippen molar-refractivity contribution in [1.29, 1.82) is 0 Å². The molecule has 1 aromatic carbocycles. The van der Waals surface area contributed by atoms with Crippen LogP contribution in [0, 0.1) is 5.41 Å². The Balaban J connectivity index is 1.95. The summed E-state index contributed by atoms with van der Waals surface area (Å²) >= 11 is 0. The Labute approximate surface area is 141 Å². The van der Waals surface area contributed by atoms with E-state index in [1.807, 2.05) is 6.92 Å². The van der Waals surface area contributed by atoms with E-state index in [1.54, 1.807) is 11.0 Å². The Morgan fingerprint density at radius 1 is 1.21 bits per heavy atom. The molecule has 128 valence electrons. The van der Waals surface area contributed by atoms with Crippen LogP contribution in [0.15, 0.2) is 42.7 Å². The van der Waals surface area contributed by atoms with Crippen molar-refractivity contribution in [1.82, 2.24) is 14.8 Å². The highest BCUT2D eigenvalue weighted by molar-refractivity contribution is 5.52. The van der Waals surface area contributed by atoms with Gasteiger partial charge in [-0.1, -0.05) is 31.2 Å². The highest BCUT2D eigenvalue weighted by Gasteiger charge is 2.36. The Hall–Kier alpha value is -2.18. The van der Waals surface area contributed by atoms with Gasteiger partial charge in [-0.15, -0.1) is 0 Å². The van der Waals surface area contributed by atoms with E-state index in [-0.39, 0.29) is 12.6 Å². The number of ether oxygens (including phenoxy) is 2. The highest BCUT2D eigenvalue weighted by atomic mass is 16.7. The fourth-order valence-corrected chi connectivity index (χ4v) is 2.83. The summed E-state index contributed by atoms with van der Waals surface area (Å²) in [4.78, 5) is 4.01. The van der Waals surface area contributed by atoms with Gasteiger partial charge in [0.2, 0.25) is 0 Å². The first-order chi connectivity index (χ1) is 11.6. The maximum atomic E-state index is 11.0. The zero-order valence-electron chi connectivity index (χ0n) is 14.1. The number of aliphatic hydroxyl groups excluding tert-OH is 1. The molecule has 0 atom stereocenters. The van der Waals surface area contributed by atoms with Gasteiger partial charge in [-0.25, -0.2) is 9.67 Å². The third-order valence-electron chi connectivity index (χ3n) is 4.35. The number of benzene rings is 1. The minimum Gasteiger partial charge on any atom is -0.510 e. The van der Waals surface area contributed by atoms with Crippen molar-refractivity contribution in [2.45, 2.75) is 26.7 Å². The molecule has 0 unspecified atom stereocenters. The Morgan fingerprint density at radius 3 is 2.46 bits per heavy atom. The molecule has 3 rings (SSSR count). The molecule has 1 N–H and O–H groups in total. The summed E-state index contributed by atoms with van der Waals surface area (Å²) < 4.78 is 12.4. The third-order valence-corrected chi connectivity index (χ3v) is 4.35. The normalized spacial score (nSPS) is 18.2. The van der Waals surface area contributed by atoms with Gasteiger partial charge >= 0.3 is 0 Å². The van der Waals surface area contributed by atoms with E-state index in [0.717, 1.165) is 12.0 Å². The molecule has 6 nitrogen and oxygen atoms in total. The second kappa shape index (κ2) is 7.15. The number of nitrogens with zero attached hydrogens (tertiary/aromatic N) is 3. The molecule has 0 spiro atoms. The molecule has 1 aliphatic rings. The molecule has 0 radical (unpaired) electrons. The number of aliphatic hydroxyl groups is 1. The van der Waals surface area contributed by atoms with E-state index in [9.17, 15) is 5.11 Å². The van der Waals surface area contributed by atoms with Crippen LogP contribution in [0.3, 0.4) is 0 Å². The number of hydrogen-bond donors (Lipinski definition) is 1. The Bertz CT molecular complexity index is 687. The first-order valence-corrected chi connectivity index (χ1v) is 8.13. The van der Waals surface area contributed by atoms with Crippen LogP contribution in [0.2, 0.25) is 0 Å². The molecule has 6 heteroatoms. The quantitative estimate of drug-likeness (QED) is 0.854. The largest absolute Gasteiger partial charge is 0.510 e. The summed E-state index contributed by atoms with van der Waals surface area (Å²) in [6.45, 7) is 5.14. The van der Waals surface area contributed by atoms with Crippen LogP contribution in [0.4, 0.5) is 0 Å². The number of rotatable bonds is 5. The van der Waals surface area contributed by atoms with Gasteiger partial charge in [0.15, 0.2) is 0 Å². The molecule has 0 saturated carbocycles. The molecule has 1 fully saturated rings. The lowest BCUT2D eigenvalue weighted by atomic mass is 9.87. The molecule has 1 aromatic heterocycles. The molecule has 1 aliphatic heterocycles. The fourth-order valence-electron chi connectivity index (χ4n) is 2.83. The lowest BCUT2D eigenvalue weighted by molar-refractivity contribution is -0.155. The van der Waals surface area contributed by atoms with E-state index >= 15 is 0 Å². The standard InChI is InChI=1S/C18H23N3O3/c1-3-14-4-6-15(7-5-14)8-16(21-12-19-11-20-21)17(22)18(2)9-23-13-24-10-18/h4-7,11-12,22H,3,8-10,13H2,1-2H3. The Morgan fingerprint density at radius 2 is 1.88 bits per heavy atom. The van der Waals surface area contributed by atoms with Crippen molar-refractivity contribution in [3.63, 3.8) is 0 Å². The number of aryl methyl sites for hydroxylation is 1. The SMILES string of the molecule is CCc1ccc(CC(=C(O)C2(C)COCOC2)n2cncn2)cc1. The van der Waals surface area contributed by atoms with Crippen LogP contribution in [0.5, 0.6) is 0 Å². The average Bonchev–Trinajstić information content (AvgIpc) is 3.14. The van der Waals surface area contributed by atoms with Crippen molar-refractivity contribution in [2.75, 3.05) is 20.0 Å². The summed E-state index contributed by atoms with van der Waals surface area (Å²) in [5.74, 6) is 0.229. The first kappa shape index (κ1) is 16.7. The van der Waals surface area contributed by atoms with Gasteiger partial charge in [-0.3, -0.25) is 0 Å². The van der Waals surface area contributed by atoms with E-state index in [1.165, 1.54) is 11.9 Å². The molecule has 0 bridgehead atoms. The average molecular weight is 329 g/mol. The monoisotopic (exact) mass is 329 g/mol. The van der Waals surface area contributed by atoms with E-state index in [4.69, 9.17) is 9.47 Å². The molecule has 0 aliphatic carbocycles. The smallest absolute Gasteiger partial charge is 0.146 e. The van der Waals surface area contributed by atoms with Crippen LogP contribution in [0.25, 0.3) is 5.70 Å². The van der Waals surface area contributed by atoms with Crippen molar-refractivity contribution in [2.24, 2.45) is 5.41 Å². The number of allylic oxidation sites excluding steroid dienone is 1. The zero-order valence-corrected chi connectivity index (χ0v) is 14.1. The summed E-state index contributed by atoms with van der Waals surface area (Å²) in [6.07, 6.45) is 4.61. The van der Waals surface area contributed by atoms with Crippen molar-refractivity contribution >= 4 is 5.70 Å². The van der Waals surface area contributed by atoms with E-state index < -0.39 is 5.41 Å². The fraction of sp³-hybridized carbons (Fsp3) is 0.444. The summed E-state index contributed by atoms with van der Waals surface area (Å²) in [6, 6.07) is 8.39. The maximum absolute atomic E-state index is 11.0. The second-order valence-corrected chi connectivity index (χ2v) is 6.36. The van der Waals surface area contributed by atoms with Crippen molar-refractivity contribution in [3.05, 3.63) is 53.8 Å². The highest BCUT2D eigenvalue weighted by Crippen LogP contribution is 2.33. The third kappa shape index (κ3) is 3.49. The molecule has 2 aromatic rings. The lowest BCUT2D eigenvalue weighted by Gasteiger charge is -2.33. The molecular formula is C18H23N3O3. The lowest BCUT2D eigenvalue weighted by Crippen LogP contribution is -2.37. The van der Waals surface area contributed by atoms with Gasteiger partial charge in [0.25, 0.3) is 0 Å². The summed E-state index contributed by atoms with van der Waals surface area (Å²) in [5.41, 5.74) is 2.48. The van der Waals surface area contributed by atoms with Gasteiger partial charge in [-0.05, 0) is 24.5 Å². The summed E-state index contributed by atoms with van der Waals surface area (Å²) in [7, 11) is 0. The number of hydrogen-bond acceptors (Lipinski definition) is 5. The zero-order chi connectivity index (χ0) is 17.0. The minimum atomic E-state index is -0.594. The van der Waals surface area contributed by atoms with Gasteiger partial charge in [0, 0.05) is 6.42 Å². The van der Waals surface area contributed by atoms with E-state index in [2.05, 4.69) is 41.3 Å². The predicted octanol–water partition coefficient (Wildman–Crippen LogP) is 2.82. The predicted molar refractivity (Wildman–Crippen MR) is 90.3 cm³/mol. The molecule has 2 heterocycles. The van der Waals surface area contributed by atoms with Crippen molar-refractivity contribution in [3.8, 4) is 0 Å². The van der Waals surface area contributed by atoms with Gasteiger partial charge in [0.05, 0.1) is 24.3 Å². The second-order valence-electron chi connectivity index (χ2n) is 6.36. The molecule has 24 heavy (non-hydrogen) atoms. The van der Waals surface area contributed by atoms with Crippen LogP contribution in [-0.2, 0) is 22.3 Å². The van der Waals surface area contributed by atoms with Crippen LogP contribution < -0.4 is 0 Å². The van der Waals surface area contributed by atoms with Gasteiger partial charge in [-0.2, -0.15) is 5.10 Å². The molecule has 1 saturated heterocycles. The Kier molecular flexibility index (Phi) is 4.97. The van der Waals surface area contributed by atoms with Gasteiger partial charge in [0.1, 0.15) is 25.2 Å². The van der Waals surface area contributed by atoms with Crippen LogP contribution in [-0.4, -0.2) is 39.9 Å². The van der Waals surface area contributed by atoms with Crippen molar-refractivity contribution < 1.29 is 14.6 Å². The van der Waals surface area contributed by atoms with E-state index in [0.29, 0.717) is 25.3 Å².